The van der Waals surface area contributed by atoms with E-state index in [1.165, 1.54) is 16.7 Å². The van der Waals surface area contributed by atoms with Crippen molar-refractivity contribution >= 4 is 35.1 Å². The fraction of sp³-hybridized carbons (Fsp3) is 0.364. The molecule has 1 aromatic heterocycles. The molecule has 0 N–H and O–H groups in total. The average molecular weight is 499 g/mol. The minimum Gasteiger partial charge on any atom is -0.337 e. The monoisotopic (exact) mass is 498 g/mol. The first-order chi connectivity index (χ1) is 15.8. The molecule has 0 saturated carbocycles. The van der Waals surface area contributed by atoms with Crippen LogP contribution in [0.1, 0.15) is 31.0 Å². The van der Waals surface area contributed by atoms with Crippen LogP contribution in [0.2, 0.25) is 5.02 Å². The molecule has 2 aliphatic heterocycles. The summed E-state index contributed by atoms with van der Waals surface area (Å²) in [6, 6.07) is 6.29. The van der Waals surface area contributed by atoms with Crippen LogP contribution in [0.5, 0.6) is 0 Å². The zero-order valence-electron chi connectivity index (χ0n) is 18.1. The quantitative estimate of drug-likeness (QED) is 0.608. The lowest BCUT2D eigenvalue weighted by atomic mass is 9.81. The number of benzene rings is 1. The van der Waals surface area contributed by atoms with E-state index in [9.17, 15) is 31.9 Å². The maximum atomic E-state index is 14.6. The van der Waals surface area contributed by atoms with Gasteiger partial charge in [0.1, 0.15) is 6.54 Å². The summed E-state index contributed by atoms with van der Waals surface area (Å²) in [6.45, 7) is 2.13. The van der Waals surface area contributed by atoms with Crippen molar-refractivity contribution in [2.45, 2.75) is 31.6 Å². The third-order valence-corrected chi connectivity index (χ3v) is 6.41. The lowest BCUT2D eigenvalue weighted by Gasteiger charge is -2.59. The number of aromatic nitrogens is 1. The van der Waals surface area contributed by atoms with Gasteiger partial charge in [0.05, 0.1) is 24.7 Å². The number of carbonyl (C=O) groups is 3. The molecular weight excluding hydrogens is 480 g/mol. The predicted octanol–water partition coefficient (Wildman–Crippen LogP) is 3.43. The van der Waals surface area contributed by atoms with Gasteiger partial charge in [-0.05, 0) is 30.7 Å². The van der Waals surface area contributed by atoms with Gasteiger partial charge in [-0.25, -0.2) is 9.37 Å². The molecule has 0 aliphatic carbocycles. The van der Waals surface area contributed by atoms with Gasteiger partial charge >= 0.3 is 6.18 Å². The van der Waals surface area contributed by atoms with E-state index >= 15 is 0 Å². The highest BCUT2D eigenvalue weighted by Crippen LogP contribution is 2.41. The fourth-order valence-electron chi connectivity index (χ4n) is 4.40. The van der Waals surface area contributed by atoms with Gasteiger partial charge < -0.3 is 9.80 Å². The summed E-state index contributed by atoms with van der Waals surface area (Å²) in [7, 11) is 0. The minimum atomic E-state index is -4.82. The molecule has 4 rings (SSSR count). The molecule has 2 aliphatic rings. The Balaban J connectivity index is 1.73. The predicted molar refractivity (Wildman–Crippen MR) is 113 cm³/mol. The second kappa shape index (κ2) is 8.23. The Hall–Kier alpha value is -3.21. The molecule has 12 heteroatoms. The summed E-state index contributed by atoms with van der Waals surface area (Å²) in [5.74, 6) is -3.66. The van der Waals surface area contributed by atoms with Gasteiger partial charge in [0.25, 0.3) is 5.91 Å². The van der Waals surface area contributed by atoms with E-state index in [1.54, 1.807) is 31.2 Å². The number of anilines is 1. The van der Waals surface area contributed by atoms with Crippen molar-refractivity contribution in [2.75, 3.05) is 24.5 Å². The molecule has 1 atom stereocenters. The molecule has 7 nitrogen and oxygen atoms in total. The van der Waals surface area contributed by atoms with Gasteiger partial charge in [-0.15, -0.1) is 0 Å². The van der Waals surface area contributed by atoms with E-state index in [0.29, 0.717) is 16.8 Å². The number of halogens is 5. The van der Waals surface area contributed by atoms with Crippen LogP contribution >= 0.6 is 11.6 Å². The summed E-state index contributed by atoms with van der Waals surface area (Å²) in [4.78, 5) is 45.8. The van der Waals surface area contributed by atoms with Crippen LogP contribution in [0.15, 0.2) is 36.5 Å². The lowest BCUT2D eigenvalue weighted by molar-refractivity contribution is -0.172. The maximum absolute atomic E-state index is 14.6. The second-order valence-corrected chi connectivity index (χ2v) is 8.75. The van der Waals surface area contributed by atoms with Gasteiger partial charge in [-0.3, -0.25) is 19.3 Å². The molecular formula is C22H19ClF4N4O3. The molecule has 2 saturated heterocycles. The number of alkyl halides is 3. The van der Waals surface area contributed by atoms with E-state index in [-0.39, 0.29) is 25.1 Å². The number of amides is 3. The Morgan fingerprint density at radius 1 is 1.18 bits per heavy atom. The normalized spacial score (nSPS) is 18.9. The van der Waals surface area contributed by atoms with Crippen molar-refractivity contribution in [3.8, 4) is 0 Å². The molecule has 0 radical (unpaired) electrons. The SMILES string of the molecule is CC(=O)N1CC2(C1)C(=O)N(c1ncc(C(F)(F)F)cc1F)CC(=O)N2[C@@H](C)c1ccc(Cl)cc1. The Bertz CT molecular complexity index is 1170. The van der Waals surface area contributed by atoms with Crippen LogP contribution < -0.4 is 4.90 Å². The zero-order valence-corrected chi connectivity index (χ0v) is 18.8. The van der Waals surface area contributed by atoms with Gasteiger partial charge in [0.2, 0.25) is 11.8 Å². The van der Waals surface area contributed by atoms with E-state index in [1.807, 2.05) is 0 Å². The number of rotatable bonds is 3. The number of hydrogen-bond donors (Lipinski definition) is 0. The van der Waals surface area contributed by atoms with E-state index < -0.39 is 53.3 Å². The summed E-state index contributed by atoms with van der Waals surface area (Å²) < 4.78 is 53.4. The molecule has 3 heterocycles. The van der Waals surface area contributed by atoms with Gasteiger partial charge in [0.15, 0.2) is 17.2 Å². The first-order valence-corrected chi connectivity index (χ1v) is 10.6. The van der Waals surface area contributed by atoms with Crippen LogP contribution in [-0.2, 0) is 20.6 Å². The van der Waals surface area contributed by atoms with Gasteiger partial charge in [-0.1, -0.05) is 23.7 Å². The molecule has 1 aromatic carbocycles. The fourth-order valence-corrected chi connectivity index (χ4v) is 4.53. The first kappa shape index (κ1) is 23.9. The summed E-state index contributed by atoms with van der Waals surface area (Å²) in [5, 5.41) is 0.480. The number of pyridine rings is 1. The summed E-state index contributed by atoms with van der Waals surface area (Å²) in [6.07, 6.45) is -4.41. The number of nitrogens with zero attached hydrogens (tertiary/aromatic N) is 4. The molecule has 3 amide bonds. The number of piperazine rings is 1. The van der Waals surface area contributed by atoms with Crippen LogP contribution in [0, 0.1) is 5.82 Å². The van der Waals surface area contributed by atoms with Gasteiger partial charge in [0, 0.05) is 18.1 Å². The molecule has 0 bridgehead atoms. The van der Waals surface area contributed by atoms with Crippen molar-refractivity contribution in [1.82, 2.24) is 14.8 Å². The molecule has 2 aromatic rings. The highest BCUT2D eigenvalue weighted by Gasteiger charge is 2.62. The maximum Gasteiger partial charge on any atom is 0.417 e. The number of hydrogen-bond acceptors (Lipinski definition) is 4. The second-order valence-electron chi connectivity index (χ2n) is 8.32. The van der Waals surface area contributed by atoms with Crippen molar-refractivity contribution < 1.29 is 31.9 Å². The Kier molecular flexibility index (Phi) is 5.79. The zero-order chi connectivity index (χ0) is 25.0. The Morgan fingerprint density at radius 3 is 2.32 bits per heavy atom. The number of carbonyl (C=O) groups excluding carboxylic acids is 3. The molecule has 34 heavy (non-hydrogen) atoms. The van der Waals surface area contributed by atoms with Crippen LogP contribution in [-0.4, -0.2) is 57.7 Å². The summed E-state index contributed by atoms with van der Waals surface area (Å²) >= 11 is 5.95. The van der Waals surface area contributed by atoms with E-state index in [0.717, 1.165) is 4.90 Å². The minimum absolute atomic E-state index is 0.135. The smallest absolute Gasteiger partial charge is 0.337 e. The molecule has 2 fully saturated rings. The van der Waals surface area contributed by atoms with Crippen molar-refractivity contribution in [3.63, 3.8) is 0 Å². The molecule has 180 valence electrons. The summed E-state index contributed by atoms with van der Waals surface area (Å²) in [5.41, 5.74) is -2.15. The van der Waals surface area contributed by atoms with E-state index in [2.05, 4.69) is 4.98 Å². The van der Waals surface area contributed by atoms with Crippen molar-refractivity contribution in [3.05, 3.63) is 58.5 Å². The third kappa shape index (κ3) is 3.87. The highest BCUT2D eigenvalue weighted by molar-refractivity contribution is 6.30. The average Bonchev–Trinajstić information content (AvgIpc) is 2.72. The van der Waals surface area contributed by atoms with Crippen LogP contribution in [0.3, 0.4) is 0 Å². The topological polar surface area (TPSA) is 73.8 Å². The van der Waals surface area contributed by atoms with Crippen molar-refractivity contribution in [2.24, 2.45) is 0 Å². The van der Waals surface area contributed by atoms with E-state index in [4.69, 9.17) is 11.6 Å². The van der Waals surface area contributed by atoms with Gasteiger partial charge in [-0.2, -0.15) is 13.2 Å². The van der Waals surface area contributed by atoms with Crippen LogP contribution in [0.4, 0.5) is 23.4 Å². The molecule has 0 unspecified atom stereocenters. The van der Waals surface area contributed by atoms with Crippen molar-refractivity contribution in [1.29, 1.82) is 0 Å². The number of likely N-dealkylation sites (tertiary alicyclic amines) is 1. The van der Waals surface area contributed by atoms with Crippen LogP contribution in [0.25, 0.3) is 0 Å². The Labute approximate surface area is 196 Å². The Morgan fingerprint density at radius 2 is 1.79 bits per heavy atom. The first-order valence-electron chi connectivity index (χ1n) is 10.2. The lowest BCUT2D eigenvalue weighted by Crippen LogP contribution is -2.81. The highest BCUT2D eigenvalue weighted by atomic mass is 35.5. The standard InChI is InChI=1S/C22H19ClF4N4O3/c1-12(14-3-5-16(23)6-4-14)31-18(33)9-30(20(34)21(31)10-29(11-21)13(2)32)19-17(24)7-15(8-28-19)22(25,26)27/h3-8,12H,9-11H2,1-2H3/t12-/m0/s1. The largest absolute Gasteiger partial charge is 0.417 e. The third-order valence-electron chi connectivity index (χ3n) is 6.16. The molecule has 1 spiro atoms.